The Bertz CT molecular complexity index is 488. The number of halogens is 1. The fraction of sp³-hybridized carbons (Fsp3) is 0.650. The number of guanidine groups is 1. The molecule has 1 unspecified atom stereocenters. The summed E-state index contributed by atoms with van der Waals surface area (Å²) in [6, 6.07) is 10.3. The predicted octanol–water partition coefficient (Wildman–Crippen LogP) is 2.91. The van der Waals surface area contributed by atoms with Crippen molar-refractivity contribution >= 4 is 29.9 Å². The van der Waals surface area contributed by atoms with Crippen molar-refractivity contribution < 1.29 is 9.47 Å². The minimum atomic E-state index is 0. The Morgan fingerprint density at radius 2 is 1.74 bits per heavy atom. The number of hydrogen-bond donors (Lipinski definition) is 2. The van der Waals surface area contributed by atoms with Gasteiger partial charge in [0, 0.05) is 40.4 Å². The lowest BCUT2D eigenvalue weighted by Crippen LogP contribution is -2.39. The summed E-state index contributed by atoms with van der Waals surface area (Å²) in [4.78, 5) is 6.53. The van der Waals surface area contributed by atoms with E-state index in [1.165, 1.54) is 5.56 Å². The first-order valence-corrected chi connectivity index (χ1v) is 9.46. The van der Waals surface area contributed by atoms with E-state index in [-0.39, 0.29) is 30.1 Å². The van der Waals surface area contributed by atoms with Gasteiger partial charge in [-0.3, -0.25) is 4.99 Å². The molecule has 1 atom stereocenters. The molecule has 27 heavy (non-hydrogen) atoms. The first kappa shape index (κ1) is 26.1. The van der Waals surface area contributed by atoms with Crippen molar-refractivity contribution in [2.24, 2.45) is 4.99 Å². The Balaban J connectivity index is 0.00000676. The van der Waals surface area contributed by atoms with Crippen LogP contribution in [0.2, 0.25) is 0 Å². The molecular formula is C20H37IN4O2. The van der Waals surface area contributed by atoms with E-state index in [1.807, 2.05) is 18.2 Å². The smallest absolute Gasteiger partial charge is 0.190 e. The summed E-state index contributed by atoms with van der Waals surface area (Å²) in [5, 5.41) is 6.68. The third-order valence-electron chi connectivity index (χ3n) is 4.16. The molecule has 0 aliphatic rings. The normalized spacial score (nSPS) is 12.6. The summed E-state index contributed by atoms with van der Waals surface area (Å²) in [7, 11) is 5.65. The molecule has 1 rings (SSSR count). The van der Waals surface area contributed by atoms with Crippen LogP contribution in [0.5, 0.6) is 0 Å². The number of nitrogens with zero attached hydrogens (tertiary/aromatic N) is 2. The molecule has 7 heteroatoms. The average molecular weight is 492 g/mol. The van der Waals surface area contributed by atoms with Crippen LogP contribution >= 0.6 is 24.0 Å². The third kappa shape index (κ3) is 13.0. The number of likely N-dealkylation sites (N-methyl/N-ethyl adjacent to an activating group) is 1. The lowest BCUT2D eigenvalue weighted by molar-refractivity contribution is 0.0646. The van der Waals surface area contributed by atoms with E-state index in [9.17, 15) is 0 Å². The zero-order valence-corrected chi connectivity index (χ0v) is 19.6. The monoisotopic (exact) mass is 492 g/mol. The highest BCUT2D eigenvalue weighted by Crippen LogP contribution is 2.15. The van der Waals surface area contributed by atoms with Crippen LogP contribution in [0.15, 0.2) is 35.3 Å². The maximum atomic E-state index is 5.88. The van der Waals surface area contributed by atoms with Gasteiger partial charge in [-0.1, -0.05) is 30.3 Å². The number of ether oxygens (including phenoxy) is 2. The van der Waals surface area contributed by atoms with E-state index < -0.39 is 0 Å². The van der Waals surface area contributed by atoms with Gasteiger partial charge in [-0.05, 0) is 38.9 Å². The first-order valence-electron chi connectivity index (χ1n) is 9.46. The van der Waals surface area contributed by atoms with Crippen LogP contribution in [0.1, 0.15) is 31.4 Å². The molecule has 0 aliphatic carbocycles. The van der Waals surface area contributed by atoms with Crippen LogP contribution in [0.3, 0.4) is 0 Å². The van der Waals surface area contributed by atoms with Gasteiger partial charge in [0.05, 0.1) is 12.7 Å². The van der Waals surface area contributed by atoms with Gasteiger partial charge in [0.2, 0.25) is 0 Å². The number of benzene rings is 1. The minimum Gasteiger partial charge on any atom is -0.383 e. The second-order valence-corrected chi connectivity index (χ2v) is 6.35. The fourth-order valence-corrected chi connectivity index (χ4v) is 2.49. The summed E-state index contributed by atoms with van der Waals surface area (Å²) >= 11 is 0. The van der Waals surface area contributed by atoms with Crippen molar-refractivity contribution in [3.63, 3.8) is 0 Å². The Hall–Kier alpha value is -0.900. The van der Waals surface area contributed by atoms with E-state index in [4.69, 9.17) is 9.47 Å². The molecule has 0 aromatic heterocycles. The molecule has 2 N–H and O–H groups in total. The zero-order valence-electron chi connectivity index (χ0n) is 17.2. The summed E-state index contributed by atoms with van der Waals surface area (Å²) in [5.41, 5.74) is 1.22. The Labute approximate surface area is 182 Å². The Kier molecular flexibility index (Phi) is 16.6. The molecule has 1 aromatic carbocycles. The van der Waals surface area contributed by atoms with Gasteiger partial charge in [-0.15, -0.1) is 24.0 Å². The van der Waals surface area contributed by atoms with Gasteiger partial charge in [0.15, 0.2) is 5.96 Å². The second kappa shape index (κ2) is 17.2. The van der Waals surface area contributed by atoms with Crippen molar-refractivity contribution in [2.75, 3.05) is 60.6 Å². The maximum Gasteiger partial charge on any atom is 0.190 e. The van der Waals surface area contributed by atoms with Gasteiger partial charge >= 0.3 is 0 Å². The van der Waals surface area contributed by atoms with Gasteiger partial charge in [-0.25, -0.2) is 0 Å². The molecule has 0 spiro atoms. The van der Waals surface area contributed by atoms with Gasteiger partial charge in [0.25, 0.3) is 0 Å². The molecule has 0 saturated heterocycles. The van der Waals surface area contributed by atoms with E-state index in [0.29, 0.717) is 0 Å². The van der Waals surface area contributed by atoms with E-state index in [2.05, 4.69) is 46.6 Å². The summed E-state index contributed by atoms with van der Waals surface area (Å²) in [6.45, 7) is 7.34. The average Bonchev–Trinajstić information content (AvgIpc) is 2.68. The van der Waals surface area contributed by atoms with Crippen molar-refractivity contribution in [1.29, 1.82) is 0 Å². The maximum absolute atomic E-state index is 5.88. The highest BCUT2D eigenvalue weighted by atomic mass is 127. The Morgan fingerprint density at radius 3 is 2.37 bits per heavy atom. The summed E-state index contributed by atoms with van der Waals surface area (Å²) in [5.74, 6) is 0.848. The van der Waals surface area contributed by atoms with Crippen LogP contribution in [-0.4, -0.2) is 71.5 Å². The molecule has 1 aromatic rings. The van der Waals surface area contributed by atoms with Crippen molar-refractivity contribution in [3.05, 3.63) is 35.9 Å². The van der Waals surface area contributed by atoms with Crippen LogP contribution in [0, 0.1) is 0 Å². The van der Waals surface area contributed by atoms with Crippen LogP contribution in [0.25, 0.3) is 0 Å². The lowest BCUT2D eigenvalue weighted by atomic mass is 10.1. The molecule has 0 heterocycles. The van der Waals surface area contributed by atoms with E-state index in [0.717, 1.165) is 58.2 Å². The fourth-order valence-electron chi connectivity index (χ4n) is 2.49. The standard InChI is InChI=1S/C20H36N4O2.HI/c1-18(19-10-6-5-7-11-19)26-16-9-13-23-20(21-2)22-12-8-14-24(3)15-17-25-4;/h5-7,10-11,18H,8-9,12-17H2,1-4H3,(H2,21,22,23);1H. The molecule has 0 amide bonds. The van der Waals surface area contributed by atoms with E-state index >= 15 is 0 Å². The first-order chi connectivity index (χ1) is 12.7. The van der Waals surface area contributed by atoms with Gasteiger partial charge in [0.1, 0.15) is 0 Å². The van der Waals surface area contributed by atoms with E-state index in [1.54, 1.807) is 14.2 Å². The molecule has 0 saturated carbocycles. The van der Waals surface area contributed by atoms with Gasteiger partial charge < -0.3 is 25.0 Å². The number of aliphatic imine (C=N–C) groups is 1. The number of methoxy groups -OCH3 is 1. The van der Waals surface area contributed by atoms with Crippen molar-refractivity contribution in [1.82, 2.24) is 15.5 Å². The topological polar surface area (TPSA) is 58.1 Å². The lowest BCUT2D eigenvalue weighted by Gasteiger charge is -2.17. The molecule has 0 aliphatic heterocycles. The summed E-state index contributed by atoms with van der Waals surface area (Å²) in [6.07, 6.45) is 2.14. The molecule has 6 nitrogen and oxygen atoms in total. The predicted molar refractivity (Wildman–Crippen MR) is 124 cm³/mol. The summed E-state index contributed by atoms with van der Waals surface area (Å²) < 4.78 is 11.0. The Morgan fingerprint density at radius 1 is 1.07 bits per heavy atom. The van der Waals surface area contributed by atoms with Crippen molar-refractivity contribution in [2.45, 2.75) is 25.9 Å². The SMILES string of the molecule is CN=C(NCCCOC(C)c1ccccc1)NCCCN(C)CCOC.I. The molecule has 0 bridgehead atoms. The zero-order chi connectivity index (χ0) is 19.0. The van der Waals surface area contributed by atoms with Crippen LogP contribution < -0.4 is 10.6 Å². The van der Waals surface area contributed by atoms with Gasteiger partial charge in [-0.2, -0.15) is 0 Å². The highest BCUT2D eigenvalue weighted by Gasteiger charge is 2.04. The third-order valence-corrected chi connectivity index (χ3v) is 4.16. The van der Waals surface area contributed by atoms with Crippen LogP contribution in [0.4, 0.5) is 0 Å². The number of hydrogen-bond acceptors (Lipinski definition) is 4. The number of rotatable bonds is 13. The highest BCUT2D eigenvalue weighted by molar-refractivity contribution is 14.0. The molecule has 156 valence electrons. The molecule has 0 radical (unpaired) electrons. The molecular weight excluding hydrogens is 455 g/mol. The largest absolute Gasteiger partial charge is 0.383 e. The molecule has 0 fully saturated rings. The van der Waals surface area contributed by atoms with Crippen LogP contribution in [-0.2, 0) is 9.47 Å². The second-order valence-electron chi connectivity index (χ2n) is 6.35. The minimum absolute atomic E-state index is 0. The number of nitrogens with one attached hydrogen (secondary N) is 2. The quantitative estimate of drug-likeness (QED) is 0.192. The van der Waals surface area contributed by atoms with Crippen molar-refractivity contribution in [3.8, 4) is 0 Å².